The van der Waals surface area contributed by atoms with Crippen LogP contribution in [0.5, 0.6) is 23.0 Å². The Bertz CT molecular complexity index is 1410. The SMILES string of the molecule is O=C1c2ccccc2C(=O)N1CCCCN1C2Cc3cc4c(cc3C1Cc1cc3c(cc12)OCO3)OCO4. The first kappa shape index (κ1) is 22.0. The molecule has 0 N–H and O–H groups in total. The Labute approximate surface area is 219 Å². The van der Waals surface area contributed by atoms with E-state index in [9.17, 15) is 9.59 Å². The van der Waals surface area contributed by atoms with Crippen molar-refractivity contribution >= 4 is 11.8 Å². The molecular weight excluding hydrogens is 484 g/mol. The van der Waals surface area contributed by atoms with Gasteiger partial charge in [-0.1, -0.05) is 12.1 Å². The van der Waals surface area contributed by atoms with Crippen LogP contribution in [-0.4, -0.2) is 48.3 Å². The average molecular weight is 511 g/mol. The van der Waals surface area contributed by atoms with Gasteiger partial charge in [-0.15, -0.1) is 0 Å². The zero-order valence-electron chi connectivity index (χ0n) is 20.8. The second-order valence-electron chi connectivity index (χ2n) is 10.5. The van der Waals surface area contributed by atoms with E-state index >= 15 is 0 Å². The normalized spacial score (nSPS) is 21.9. The summed E-state index contributed by atoms with van der Waals surface area (Å²) < 4.78 is 22.8. The fourth-order valence-electron chi connectivity index (χ4n) is 6.74. The number of nitrogens with zero attached hydrogens (tertiary/aromatic N) is 2. The maximum Gasteiger partial charge on any atom is 0.261 e. The van der Waals surface area contributed by atoms with E-state index in [0.29, 0.717) is 17.7 Å². The van der Waals surface area contributed by atoms with Crippen LogP contribution in [0.1, 0.15) is 67.9 Å². The molecule has 2 unspecified atom stereocenters. The number of hydrogen-bond acceptors (Lipinski definition) is 7. The van der Waals surface area contributed by atoms with E-state index in [-0.39, 0.29) is 37.5 Å². The van der Waals surface area contributed by atoms with Gasteiger partial charge in [0.05, 0.1) is 11.1 Å². The second-order valence-corrected chi connectivity index (χ2v) is 10.5. The molecule has 8 rings (SSSR count). The minimum atomic E-state index is -0.185. The van der Waals surface area contributed by atoms with Gasteiger partial charge in [-0.3, -0.25) is 19.4 Å². The summed E-state index contributed by atoms with van der Waals surface area (Å²) >= 11 is 0. The number of imide groups is 1. The number of ether oxygens (including phenoxy) is 4. The summed E-state index contributed by atoms with van der Waals surface area (Å²) in [5.41, 5.74) is 6.19. The lowest BCUT2D eigenvalue weighted by molar-refractivity contribution is 0.0641. The molecule has 0 aliphatic carbocycles. The zero-order valence-corrected chi connectivity index (χ0v) is 20.8. The van der Waals surface area contributed by atoms with Crippen LogP contribution >= 0.6 is 0 Å². The van der Waals surface area contributed by atoms with E-state index in [1.54, 1.807) is 24.3 Å². The van der Waals surface area contributed by atoms with Crippen molar-refractivity contribution in [3.05, 3.63) is 81.9 Å². The monoisotopic (exact) mass is 510 g/mol. The lowest BCUT2D eigenvalue weighted by Crippen LogP contribution is -2.43. The van der Waals surface area contributed by atoms with E-state index < -0.39 is 0 Å². The number of carbonyl (C=O) groups is 2. The lowest BCUT2D eigenvalue weighted by atomic mass is 9.76. The van der Waals surface area contributed by atoms with Gasteiger partial charge in [-0.2, -0.15) is 0 Å². The van der Waals surface area contributed by atoms with Crippen molar-refractivity contribution < 1.29 is 28.5 Å². The van der Waals surface area contributed by atoms with Crippen LogP contribution in [0.4, 0.5) is 0 Å². The standard InChI is InChI=1S/C30H26N2O6/c33-29-19-5-1-2-6-20(19)30(34)32(29)8-4-3-7-31-23-9-17-11-25-27(37-15-35-25)13-21(17)24(31)10-18-12-26-28(14-22(18)23)38-16-36-26/h1-2,5-6,11-14,23-24H,3-4,7-10,15-16H2. The number of amides is 2. The smallest absolute Gasteiger partial charge is 0.261 e. The second kappa shape index (κ2) is 8.23. The Kier molecular flexibility index (Phi) is 4.76. The van der Waals surface area contributed by atoms with Gasteiger partial charge in [0.25, 0.3) is 11.8 Å². The molecule has 0 aromatic heterocycles. The van der Waals surface area contributed by atoms with Crippen LogP contribution in [0.25, 0.3) is 0 Å². The Morgan fingerprint density at radius 3 is 1.66 bits per heavy atom. The van der Waals surface area contributed by atoms with Gasteiger partial charge in [0.15, 0.2) is 23.0 Å². The largest absolute Gasteiger partial charge is 0.454 e. The minimum Gasteiger partial charge on any atom is -0.454 e. The van der Waals surface area contributed by atoms with Crippen LogP contribution in [0.3, 0.4) is 0 Å². The highest BCUT2D eigenvalue weighted by atomic mass is 16.7. The summed E-state index contributed by atoms with van der Waals surface area (Å²) in [6, 6.07) is 16.1. The van der Waals surface area contributed by atoms with Gasteiger partial charge in [-0.05, 0) is 90.9 Å². The Balaban J connectivity index is 1.05. The quantitative estimate of drug-likeness (QED) is 0.372. The van der Waals surface area contributed by atoms with Crippen molar-refractivity contribution in [2.75, 3.05) is 26.7 Å². The summed E-state index contributed by atoms with van der Waals surface area (Å²) in [7, 11) is 0. The van der Waals surface area contributed by atoms with Gasteiger partial charge in [0.2, 0.25) is 13.6 Å². The molecule has 0 fully saturated rings. The third-order valence-electron chi connectivity index (χ3n) is 8.54. The summed E-state index contributed by atoms with van der Waals surface area (Å²) in [6.45, 7) is 1.81. The highest BCUT2D eigenvalue weighted by molar-refractivity contribution is 6.21. The predicted octanol–water partition coefficient (Wildman–Crippen LogP) is 4.42. The molecule has 2 atom stereocenters. The van der Waals surface area contributed by atoms with Crippen LogP contribution in [-0.2, 0) is 12.8 Å². The number of benzene rings is 3. The van der Waals surface area contributed by atoms with E-state index in [4.69, 9.17) is 18.9 Å². The molecule has 2 amide bonds. The van der Waals surface area contributed by atoms with Gasteiger partial charge in [0, 0.05) is 18.6 Å². The van der Waals surface area contributed by atoms with E-state index in [0.717, 1.165) is 55.2 Å². The van der Waals surface area contributed by atoms with Crippen LogP contribution in [0.15, 0.2) is 48.5 Å². The van der Waals surface area contributed by atoms with Crippen molar-refractivity contribution in [2.24, 2.45) is 0 Å². The molecule has 0 saturated heterocycles. The maximum atomic E-state index is 12.8. The molecule has 3 aromatic carbocycles. The molecule has 3 aromatic rings. The number of carbonyl (C=O) groups excluding carboxylic acids is 2. The minimum absolute atomic E-state index is 0.185. The summed E-state index contributed by atoms with van der Waals surface area (Å²) in [5, 5.41) is 0. The summed E-state index contributed by atoms with van der Waals surface area (Å²) in [6.07, 6.45) is 3.37. The Morgan fingerprint density at radius 1 is 0.658 bits per heavy atom. The molecule has 5 heterocycles. The molecule has 2 bridgehead atoms. The number of hydrogen-bond donors (Lipinski definition) is 0. The van der Waals surface area contributed by atoms with E-state index in [1.807, 2.05) is 0 Å². The highest BCUT2D eigenvalue weighted by Crippen LogP contribution is 2.52. The van der Waals surface area contributed by atoms with Crippen LogP contribution in [0.2, 0.25) is 0 Å². The van der Waals surface area contributed by atoms with E-state index in [2.05, 4.69) is 29.2 Å². The fourth-order valence-corrected chi connectivity index (χ4v) is 6.74. The van der Waals surface area contributed by atoms with Crippen molar-refractivity contribution in [1.82, 2.24) is 9.80 Å². The molecule has 5 aliphatic rings. The molecule has 5 aliphatic heterocycles. The van der Waals surface area contributed by atoms with Crippen LogP contribution in [0, 0.1) is 0 Å². The zero-order chi connectivity index (χ0) is 25.4. The topological polar surface area (TPSA) is 77.5 Å². The van der Waals surface area contributed by atoms with Crippen molar-refractivity contribution in [3.63, 3.8) is 0 Å². The predicted molar refractivity (Wildman–Crippen MR) is 136 cm³/mol. The highest BCUT2D eigenvalue weighted by Gasteiger charge is 2.42. The van der Waals surface area contributed by atoms with Crippen LogP contribution < -0.4 is 18.9 Å². The number of rotatable bonds is 5. The molecule has 38 heavy (non-hydrogen) atoms. The fraction of sp³-hybridized carbons (Fsp3) is 0.333. The summed E-state index contributed by atoms with van der Waals surface area (Å²) in [4.78, 5) is 29.5. The first-order valence-electron chi connectivity index (χ1n) is 13.2. The third kappa shape index (κ3) is 3.19. The number of fused-ring (bicyclic) bond motifs is 9. The molecule has 8 nitrogen and oxygen atoms in total. The molecule has 192 valence electrons. The molecule has 0 spiro atoms. The molecule has 0 radical (unpaired) electrons. The Morgan fingerprint density at radius 2 is 1.13 bits per heavy atom. The first-order chi connectivity index (χ1) is 18.7. The molecule has 8 heteroatoms. The van der Waals surface area contributed by atoms with Gasteiger partial charge in [0.1, 0.15) is 0 Å². The van der Waals surface area contributed by atoms with Gasteiger partial charge >= 0.3 is 0 Å². The van der Waals surface area contributed by atoms with Crippen molar-refractivity contribution in [1.29, 1.82) is 0 Å². The number of unbranched alkanes of at least 4 members (excludes halogenated alkanes) is 1. The van der Waals surface area contributed by atoms with Crippen molar-refractivity contribution in [2.45, 2.75) is 37.8 Å². The Hall–Kier alpha value is -4.04. The van der Waals surface area contributed by atoms with Gasteiger partial charge < -0.3 is 18.9 Å². The average Bonchev–Trinajstić information content (AvgIpc) is 3.64. The molecule has 0 saturated carbocycles. The van der Waals surface area contributed by atoms with E-state index in [1.165, 1.54) is 27.2 Å². The lowest BCUT2D eigenvalue weighted by Gasteiger charge is -2.48. The van der Waals surface area contributed by atoms with Gasteiger partial charge in [-0.25, -0.2) is 0 Å². The maximum absolute atomic E-state index is 12.8. The van der Waals surface area contributed by atoms with Crippen molar-refractivity contribution in [3.8, 4) is 23.0 Å². The molecular formula is C30H26N2O6. The summed E-state index contributed by atoms with van der Waals surface area (Å²) in [5.74, 6) is 2.89. The third-order valence-corrected chi connectivity index (χ3v) is 8.54. The first-order valence-corrected chi connectivity index (χ1v) is 13.2.